The third-order valence-corrected chi connectivity index (χ3v) is 4.03. The zero-order chi connectivity index (χ0) is 14.1. The number of aryl methyl sites for hydroxylation is 1. The molecule has 1 fully saturated rings. The number of hydrogen-bond donors (Lipinski definition) is 1. The number of benzene rings is 1. The topological polar surface area (TPSA) is 46.9 Å². The summed E-state index contributed by atoms with van der Waals surface area (Å²) in [6.45, 7) is 0.749. The summed E-state index contributed by atoms with van der Waals surface area (Å²) in [5.41, 5.74) is 1.76. The molecule has 3 rings (SSSR count). The average molecular weight is 312 g/mol. The smallest absolute Gasteiger partial charge is 0.243 e. The summed E-state index contributed by atoms with van der Waals surface area (Å²) in [5, 5.41) is 3.57. The Kier molecular flexibility index (Phi) is 3.85. The Morgan fingerprint density at radius 2 is 2.30 bits per heavy atom. The van der Waals surface area contributed by atoms with Crippen molar-refractivity contribution in [2.75, 3.05) is 12.4 Å². The van der Waals surface area contributed by atoms with Gasteiger partial charge in [0, 0.05) is 23.9 Å². The van der Waals surface area contributed by atoms with Crippen molar-refractivity contribution < 1.29 is 4.79 Å². The summed E-state index contributed by atoms with van der Waals surface area (Å²) in [4.78, 5) is 16.7. The van der Waals surface area contributed by atoms with Crippen LogP contribution in [0.5, 0.6) is 0 Å². The summed E-state index contributed by atoms with van der Waals surface area (Å²) in [5.74, 6) is 1.38. The molecule has 20 heavy (non-hydrogen) atoms. The Labute approximate surface area is 127 Å². The largest absolute Gasteiger partial charge is 0.354 e. The van der Waals surface area contributed by atoms with Crippen LogP contribution in [0.4, 0.5) is 0 Å². The van der Waals surface area contributed by atoms with Crippen LogP contribution < -0.4 is 5.32 Å². The van der Waals surface area contributed by atoms with Crippen molar-refractivity contribution in [3.05, 3.63) is 29.0 Å². The number of piperidine rings is 1. The highest BCUT2D eigenvalue weighted by atomic mass is 35.5. The van der Waals surface area contributed by atoms with Gasteiger partial charge in [-0.3, -0.25) is 4.79 Å². The summed E-state index contributed by atoms with van der Waals surface area (Å²) >= 11 is 11.9. The molecule has 1 amide bonds. The summed E-state index contributed by atoms with van der Waals surface area (Å²) in [6, 6.07) is 5.37. The molecule has 1 aliphatic rings. The van der Waals surface area contributed by atoms with Gasteiger partial charge in [-0.15, -0.1) is 11.6 Å². The number of halogens is 2. The Bertz CT molecular complexity index is 653. The zero-order valence-corrected chi connectivity index (χ0v) is 12.4. The predicted octanol–water partition coefficient (Wildman–Crippen LogP) is 2.92. The van der Waals surface area contributed by atoms with E-state index in [2.05, 4.69) is 10.3 Å². The fourth-order valence-corrected chi connectivity index (χ4v) is 3.07. The number of imidazole rings is 1. The molecule has 106 valence electrons. The molecule has 4 nitrogen and oxygen atoms in total. The number of nitrogens with one attached hydrogen (secondary N) is 1. The van der Waals surface area contributed by atoms with Crippen LogP contribution in [0.25, 0.3) is 11.0 Å². The van der Waals surface area contributed by atoms with E-state index in [1.54, 1.807) is 0 Å². The fourth-order valence-electron chi connectivity index (χ4n) is 2.73. The van der Waals surface area contributed by atoms with Gasteiger partial charge < -0.3 is 9.88 Å². The second-order valence-electron chi connectivity index (χ2n) is 4.92. The fraction of sp³-hybridized carbons (Fsp3) is 0.429. The minimum atomic E-state index is -0.201. The lowest BCUT2D eigenvalue weighted by Crippen LogP contribution is -2.38. The van der Waals surface area contributed by atoms with Gasteiger partial charge in [0.05, 0.1) is 11.0 Å². The molecule has 1 aromatic carbocycles. The first-order chi connectivity index (χ1) is 9.70. The number of fused-ring (bicyclic) bond motifs is 1. The van der Waals surface area contributed by atoms with Crippen molar-refractivity contribution >= 4 is 40.1 Å². The van der Waals surface area contributed by atoms with Crippen molar-refractivity contribution in [2.45, 2.75) is 25.3 Å². The van der Waals surface area contributed by atoms with E-state index >= 15 is 0 Å². The van der Waals surface area contributed by atoms with Gasteiger partial charge in [-0.25, -0.2) is 4.98 Å². The second-order valence-corrected chi connectivity index (χ2v) is 5.73. The van der Waals surface area contributed by atoms with E-state index in [-0.39, 0.29) is 11.9 Å². The second kappa shape index (κ2) is 5.62. The Morgan fingerprint density at radius 1 is 1.45 bits per heavy atom. The number of rotatable bonds is 3. The lowest BCUT2D eigenvalue weighted by molar-refractivity contribution is -0.125. The molecule has 0 spiro atoms. The van der Waals surface area contributed by atoms with Gasteiger partial charge in [0.1, 0.15) is 11.9 Å². The van der Waals surface area contributed by atoms with Gasteiger partial charge in [-0.05, 0) is 31.0 Å². The van der Waals surface area contributed by atoms with Gasteiger partial charge in [0.25, 0.3) is 0 Å². The lowest BCUT2D eigenvalue weighted by atomic mass is 10.1. The van der Waals surface area contributed by atoms with Crippen LogP contribution in [-0.2, 0) is 11.2 Å². The highest BCUT2D eigenvalue weighted by Gasteiger charge is 2.27. The Balaban J connectivity index is 2.15. The minimum Gasteiger partial charge on any atom is -0.354 e. The number of amides is 1. The molecule has 0 aliphatic carbocycles. The van der Waals surface area contributed by atoms with E-state index in [0.717, 1.165) is 36.2 Å². The molecule has 1 atom stereocenters. The van der Waals surface area contributed by atoms with Crippen molar-refractivity contribution in [1.29, 1.82) is 0 Å². The third kappa shape index (κ3) is 2.38. The third-order valence-electron chi connectivity index (χ3n) is 3.61. The van der Waals surface area contributed by atoms with Crippen molar-refractivity contribution in [3.63, 3.8) is 0 Å². The quantitative estimate of drug-likeness (QED) is 0.886. The van der Waals surface area contributed by atoms with Crippen LogP contribution in [0, 0.1) is 0 Å². The van der Waals surface area contributed by atoms with E-state index < -0.39 is 0 Å². The Hall–Kier alpha value is -1.26. The van der Waals surface area contributed by atoms with E-state index in [1.807, 2.05) is 22.8 Å². The molecule has 0 saturated carbocycles. The number of hydrogen-bond acceptors (Lipinski definition) is 2. The number of carbonyl (C=O) groups excluding carboxylic acids is 1. The highest BCUT2D eigenvalue weighted by Crippen LogP contribution is 2.28. The summed E-state index contributed by atoms with van der Waals surface area (Å²) in [6.07, 6.45) is 2.44. The molecule has 1 unspecified atom stereocenters. The van der Waals surface area contributed by atoms with Crippen LogP contribution in [0.15, 0.2) is 18.2 Å². The van der Waals surface area contributed by atoms with Crippen LogP contribution >= 0.6 is 23.2 Å². The average Bonchev–Trinajstić information content (AvgIpc) is 2.77. The lowest BCUT2D eigenvalue weighted by Gasteiger charge is -2.25. The maximum Gasteiger partial charge on any atom is 0.243 e. The van der Waals surface area contributed by atoms with E-state index in [9.17, 15) is 4.79 Å². The van der Waals surface area contributed by atoms with Crippen LogP contribution in [0.2, 0.25) is 5.02 Å². The molecule has 6 heteroatoms. The molecular weight excluding hydrogens is 297 g/mol. The van der Waals surface area contributed by atoms with Gasteiger partial charge in [0.2, 0.25) is 5.91 Å². The van der Waals surface area contributed by atoms with Gasteiger partial charge in [0.15, 0.2) is 0 Å². The summed E-state index contributed by atoms with van der Waals surface area (Å²) < 4.78 is 2.02. The van der Waals surface area contributed by atoms with E-state index in [1.165, 1.54) is 0 Å². The number of nitrogens with zero attached hydrogens (tertiary/aromatic N) is 2. The van der Waals surface area contributed by atoms with Crippen LogP contribution in [0.1, 0.15) is 24.7 Å². The van der Waals surface area contributed by atoms with E-state index in [0.29, 0.717) is 17.3 Å². The molecule has 0 radical (unpaired) electrons. The normalized spacial score (nSPS) is 19.3. The highest BCUT2D eigenvalue weighted by molar-refractivity contribution is 6.31. The van der Waals surface area contributed by atoms with Gasteiger partial charge in [-0.2, -0.15) is 0 Å². The predicted molar refractivity (Wildman–Crippen MR) is 80.4 cm³/mol. The number of alkyl halides is 1. The van der Waals surface area contributed by atoms with Crippen molar-refractivity contribution in [2.24, 2.45) is 0 Å². The molecule has 2 aromatic rings. The first-order valence-corrected chi connectivity index (χ1v) is 7.62. The Morgan fingerprint density at radius 3 is 3.05 bits per heavy atom. The SMILES string of the molecule is O=C1NCCCC1n1c(CCCl)nc2cc(Cl)ccc21. The number of aromatic nitrogens is 2. The zero-order valence-electron chi connectivity index (χ0n) is 10.9. The first kappa shape index (κ1) is 13.7. The molecule has 1 aliphatic heterocycles. The van der Waals surface area contributed by atoms with Crippen LogP contribution in [0.3, 0.4) is 0 Å². The monoisotopic (exact) mass is 311 g/mol. The molecule has 1 aromatic heterocycles. The van der Waals surface area contributed by atoms with Crippen molar-refractivity contribution in [1.82, 2.24) is 14.9 Å². The number of carbonyl (C=O) groups is 1. The molecule has 1 saturated heterocycles. The standard InChI is InChI=1S/C14H15Cl2N3O/c15-6-5-13-18-10-8-9(16)3-4-11(10)19(13)12-2-1-7-17-14(12)20/h3-4,8,12H,1-2,5-7H2,(H,17,20). The minimum absolute atomic E-state index is 0.0568. The van der Waals surface area contributed by atoms with Gasteiger partial charge in [-0.1, -0.05) is 11.6 Å². The van der Waals surface area contributed by atoms with Gasteiger partial charge >= 0.3 is 0 Å². The van der Waals surface area contributed by atoms with Crippen molar-refractivity contribution in [3.8, 4) is 0 Å². The first-order valence-electron chi connectivity index (χ1n) is 6.71. The van der Waals surface area contributed by atoms with E-state index in [4.69, 9.17) is 23.2 Å². The van der Waals surface area contributed by atoms with Crippen LogP contribution in [-0.4, -0.2) is 27.9 Å². The molecule has 1 N–H and O–H groups in total. The molecule has 2 heterocycles. The maximum atomic E-state index is 12.1. The summed E-state index contributed by atoms with van der Waals surface area (Å²) in [7, 11) is 0. The molecular formula is C14H15Cl2N3O. The molecule has 0 bridgehead atoms. The maximum absolute atomic E-state index is 12.1.